The number of hydrogen-bond donors (Lipinski definition) is 1. The van der Waals surface area contributed by atoms with Crippen LogP contribution in [0.4, 0.5) is 5.69 Å². The van der Waals surface area contributed by atoms with Crippen molar-refractivity contribution < 1.29 is 9.22 Å². The van der Waals surface area contributed by atoms with E-state index in [9.17, 15) is 4.79 Å². The minimum Gasteiger partial charge on any atom is -0.417 e. The van der Waals surface area contributed by atoms with E-state index in [2.05, 4.69) is 70.4 Å². The van der Waals surface area contributed by atoms with Crippen LogP contribution in [0, 0.1) is 11.3 Å². The number of hydrogen-bond acceptors (Lipinski definition) is 3. The molecule has 1 atom stereocenters. The molecule has 0 saturated heterocycles. The molecule has 0 amide bonds. The molecular formula is C22H39NO2Si. The summed E-state index contributed by atoms with van der Waals surface area (Å²) in [5, 5.41) is 3.48. The van der Waals surface area contributed by atoms with Crippen LogP contribution in [0.1, 0.15) is 54.0 Å². The molecule has 0 aliphatic heterocycles. The van der Waals surface area contributed by atoms with Crippen LogP contribution in [0.25, 0.3) is 0 Å². The normalized spacial score (nSPS) is 14.2. The van der Waals surface area contributed by atoms with Gasteiger partial charge in [-0.15, -0.1) is 0 Å². The number of Topliss-reactive ketones (excluding diaryl/α,β-unsaturated/α-hetero) is 1. The Bertz CT molecular complexity index is 580. The van der Waals surface area contributed by atoms with Crippen LogP contribution in [0.15, 0.2) is 24.3 Å². The number of ketones is 1. The molecule has 1 aromatic rings. The monoisotopic (exact) mass is 377 g/mol. The molecule has 1 aromatic carbocycles. The summed E-state index contributed by atoms with van der Waals surface area (Å²) in [7, 11) is -1.67. The highest BCUT2D eigenvalue weighted by atomic mass is 28.4. The summed E-state index contributed by atoms with van der Waals surface area (Å²) in [6.07, 6.45) is 1.01. The fraction of sp³-hybridized carbons (Fsp3) is 0.682. The van der Waals surface area contributed by atoms with Gasteiger partial charge in [0.25, 0.3) is 0 Å². The standard InChI is InChI=1S/C22H39NO2Si/c1-17(16-25-26(8,9)22(5,6)7)14-18-10-12-19(13-11-18)23-15-20(24)21(2,3)4/h10-13,17,23H,14-16H2,1-9H3/t17-/m0/s1. The van der Waals surface area contributed by atoms with E-state index in [4.69, 9.17) is 4.43 Å². The molecule has 0 spiro atoms. The molecule has 4 heteroatoms. The minimum atomic E-state index is -1.67. The molecule has 0 heterocycles. The lowest BCUT2D eigenvalue weighted by molar-refractivity contribution is -0.124. The van der Waals surface area contributed by atoms with Gasteiger partial charge in [-0.2, -0.15) is 0 Å². The van der Waals surface area contributed by atoms with Gasteiger partial charge >= 0.3 is 0 Å². The Kier molecular flexibility index (Phi) is 7.67. The average molecular weight is 378 g/mol. The molecule has 0 aliphatic rings. The van der Waals surface area contributed by atoms with E-state index < -0.39 is 8.32 Å². The van der Waals surface area contributed by atoms with Crippen LogP contribution >= 0.6 is 0 Å². The summed E-state index contributed by atoms with van der Waals surface area (Å²) in [4.78, 5) is 12.0. The van der Waals surface area contributed by atoms with Crippen LogP contribution in [-0.4, -0.2) is 27.3 Å². The van der Waals surface area contributed by atoms with Gasteiger partial charge < -0.3 is 9.74 Å². The van der Waals surface area contributed by atoms with Gasteiger partial charge in [-0.25, -0.2) is 0 Å². The van der Waals surface area contributed by atoms with Crippen LogP contribution in [0.2, 0.25) is 18.1 Å². The highest BCUT2D eigenvalue weighted by Gasteiger charge is 2.37. The van der Waals surface area contributed by atoms with E-state index in [0.717, 1.165) is 18.7 Å². The summed E-state index contributed by atoms with van der Waals surface area (Å²) in [5.74, 6) is 0.711. The van der Waals surface area contributed by atoms with Crippen molar-refractivity contribution in [2.24, 2.45) is 11.3 Å². The van der Waals surface area contributed by atoms with Gasteiger partial charge in [-0.3, -0.25) is 4.79 Å². The third-order valence-corrected chi connectivity index (χ3v) is 9.86. The summed E-state index contributed by atoms with van der Waals surface area (Å²) >= 11 is 0. The van der Waals surface area contributed by atoms with Crippen molar-refractivity contribution in [2.75, 3.05) is 18.5 Å². The second-order valence-corrected chi connectivity index (χ2v) is 14.9. The Morgan fingerprint density at radius 3 is 2.08 bits per heavy atom. The fourth-order valence-electron chi connectivity index (χ4n) is 2.23. The Hall–Kier alpha value is -1.13. The summed E-state index contributed by atoms with van der Waals surface area (Å²) < 4.78 is 6.34. The highest BCUT2D eigenvalue weighted by molar-refractivity contribution is 6.74. The molecule has 1 rings (SSSR count). The van der Waals surface area contributed by atoms with E-state index in [-0.39, 0.29) is 16.2 Å². The molecule has 0 bridgehead atoms. The first-order chi connectivity index (χ1) is 11.7. The van der Waals surface area contributed by atoms with Crippen LogP contribution in [-0.2, 0) is 15.6 Å². The lowest BCUT2D eigenvalue weighted by atomic mass is 9.91. The third-order valence-electron chi connectivity index (χ3n) is 5.36. The second kappa shape index (κ2) is 8.70. The largest absolute Gasteiger partial charge is 0.417 e. The average Bonchev–Trinajstić information content (AvgIpc) is 2.50. The van der Waals surface area contributed by atoms with E-state index in [1.165, 1.54) is 5.56 Å². The first-order valence-corrected chi connectivity index (χ1v) is 12.6. The molecular weight excluding hydrogens is 338 g/mol. The molecule has 0 saturated carbocycles. The predicted octanol–water partition coefficient (Wildman–Crippen LogP) is 5.91. The van der Waals surface area contributed by atoms with E-state index in [1.54, 1.807) is 0 Å². The van der Waals surface area contributed by atoms with E-state index in [0.29, 0.717) is 12.5 Å². The number of benzene rings is 1. The fourth-order valence-corrected chi connectivity index (χ4v) is 3.37. The number of anilines is 1. The van der Waals surface area contributed by atoms with Gasteiger partial charge in [0.05, 0.1) is 6.54 Å². The molecule has 0 aromatic heterocycles. The predicted molar refractivity (Wildman–Crippen MR) is 115 cm³/mol. The quantitative estimate of drug-likeness (QED) is 0.572. The van der Waals surface area contributed by atoms with Crippen LogP contribution in [0.5, 0.6) is 0 Å². The zero-order valence-electron chi connectivity index (χ0n) is 18.3. The van der Waals surface area contributed by atoms with Gasteiger partial charge in [0.1, 0.15) is 0 Å². The maximum atomic E-state index is 12.0. The summed E-state index contributed by atoms with van der Waals surface area (Å²) in [6, 6.07) is 8.42. The first kappa shape index (κ1) is 22.9. The Morgan fingerprint density at radius 2 is 1.62 bits per heavy atom. The van der Waals surface area contributed by atoms with Gasteiger partial charge in [0.15, 0.2) is 14.1 Å². The van der Waals surface area contributed by atoms with Crippen molar-refractivity contribution in [3.8, 4) is 0 Å². The molecule has 0 aliphatic carbocycles. The molecule has 1 N–H and O–H groups in total. The van der Waals surface area contributed by atoms with Crippen molar-refractivity contribution in [3.63, 3.8) is 0 Å². The van der Waals surface area contributed by atoms with Gasteiger partial charge in [0, 0.05) is 17.7 Å². The lowest BCUT2D eigenvalue weighted by Crippen LogP contribution is -2.41. The molecule has 0 unspecified atom stereocenters. The minimum absolute atomic E-state index is 0.220. The maximum absolute atomic E-state index is 12.0. The topological polar surface area (TPSA) is 38.3 Å². The number of rotatable bonds is 8. The highest BCUT2D eigenvalue weighted by Crippen LogP contribution is 2.36. The summed E-state index contributed by atoms with van der Waals surface area (Å²) in [5.41, 5.74) is 2.01. The van der Waals surface area contributed by atoms with Crippen molar-refractivity contribution >= 4 is 19.8 Å². The maximum Gasteiger partial charge on any atom is 0.191 e. The van der Waals surface area contributed by atoms with Crippen molar-refractivity contribution in [1.82, 2.24) is 0 Å². The zero-order valence-corrected chi connectivity index (χ0v) is 19.3. The number of carbonyl (C=O) groups excluding carboxylic acids is 1. The van der Waals surface area contributed by atoms with Gasteiger partial charge in [-0.1, -0.05) is 60.6 Å². The van der Waals surface area contributed by atoms with Crippen molar-refractivity contribution in [1.29, 1.82) is 0 Å². The lowest BCUT2D eigenvalue weighted by Gasteiger charge is -2.37. The Labute approximate surface area is 162 Å². The summed E-state index contributed by atoms with van der Waals surface area (Å²) in [6.45, 7) is 20.7. The zero-order chi connectivity index (χ0) is 20.2. The van der Waals surface area contributed by atoms with Gasteiger partial charge in [0.2, 0.25) is 0 Å². The van der Waals surface area contributed by atoms with Crippen molar-refractivity contribution in [3.05, 3.63) is 29.8 Å². The second-order valence-electron chi connectivity index (χ2n) is 10.1. The van der Waals surface area contributed by atoms with E-state index >= 15 is 0 Å². The van der Waals surface area contributed by atoms with Crippen molar-refractivity contribution in [2.45, 2.75) is 73.0 Å². The van der Waals surface area contributed by atoms with Crippen LogP contribution in [0.3, 0.4) is 0 Å². The Balaban J connectivity index is 2.50. The Morgan fingerprint density at radius 1 is 1.08 bits per heavy atom. The van der Waals surface area contributed by atoms with Crippen LogP contribution < -0.4 is 5.32 Å². The first-order valence-electron chi connectivity index (χ1n) is 9.72. The number of carbonyl (C=O) groups is 1. The molecule has 0 fully saturated rings. The SMILES string of the molecule is C[C@H](CO[Si](C)(C)C(C)(C)C)Cc1ccc(NCC(=O)C(C)(C)C)cc1. The molecule has 0 radical (unpaired) electrons. The smallest absolute Gasteiger partial charge is 0.191 e. The third kappa shape index (κ3) is 7.24. The molecule has 3 nitrogen and oxygen atoms in total. The molecule has 148 valence electrons. The molecule has 26 heavy (non-hydrogen) atoms. The van der Waals surface area contributed by atoms with Gasteiger partial charge in [-0.05, 0) is 48.2 Å². The number of nitrogens with one attached hydrogen (secondary N) is 1. The van der Waals surface area contributed by atoms with E-state index in [1.807, 2.05) is 20.8 Å².